The van der Waals surface area contributed by atoms with E-state index in [1.54, 1.807) is 39.5 Å². The fraction of sp³-hybridized carbons (Fsp3) is 0.535. The smallest absolute Gasteiger partial charge is 0.347 e. The number of thiocarbonyl (C=S) groups is 1. The zero-order chi connectivity index (χ0) is 41.4. The van der Waals surface area contributed by atoms with Crippen LogP contribution in [-0.2, 0) is 43.9 Å². The van der Waals surface area contributed by atoms with Gasteiger partial charge in [0.15, 0.2) is 10.5 Å². The average molecular weight is 858 g/mol. The summed E-state index contributed by atoms with van der Waals surface area (Å²) in [5.74, 6) is 0.721. The van der Waals surface area contributed by atoms with Crippen molar-refractivity contribution in [1.82, 2.24) is 5.32 Å². The Morgan fingerprint density at radius 1 is 0.825 bits per heavy atom. The largest absolute Gasteiger partial charge is 0.383 e. The van der Waals surface area contributed by atoms with Gasteiger partial charge in [-0.2, -0.15) is 0 Å². The number of hydrogen-bond donors (Lipinski definition) is 3. The van der Waals surface area contributed by atoms with Crippen LogP contribution in [0.5, 0.6) is 0 Å². The maximum absolute atomic E-state index is 14.0. The van der Waals surface area contributed by atoms with Crippen LogP contribution >= 0.6 is 39.2 Å². The Labute approximate surface area is 349 Å². The van der Waals surface area contributed by atoms with Gasteiger partial charge in [-0.1, -0.05) is 64.1 Å². The third kappa shape index (κ3) is 10.4. The molecule has 57 heavy (non-hydrogen) atoms. The number of carbonyl (C=O) groups is 1. The van der Waals surface area contributed by atoms with Crippen molar-refractivity contribution in [2.45, 2.75) is 114 Å². The summed E-state index contributed by atoms with van der Waals surface area (Å²) in [5, 5.41) is 8.67. The molecule has 14 heteroatoms. The van der Waals surface area contributed by atoms with Crippen LogP contribution < -0.4 is 16.0 Å². The van der Waals surface area contributed by atoms with Gasteiger partial charge in [-0.15, -0.1) is 0 Å². The van der Waals surface area contributed by atoms with E-state index < -0.39 is 26.0 Å². The second-order valence-corrected chi connectivity index (χ2v) is 21.9. The summed E-state index contributed by atoms with van der Waals surface area (Å²) in [6, 6.07) is 22.7. The molecule has 2 aliphatic rings. The Bertz CT molecular complexity index is 1900. The van der Waals surface area contributed by atoms with Gasteiger partial charge in [0.25, 0.3) is 0 Å². The number of amides is 1. The third-order valence-electron chi connectivity index (χ3n) is 11.4. The molecule has 3 aromatic rings. The SMILES string of the molecule is CCOP(=O)(OCC)C(CNc1ccc(Sc2ccc(NC(=S)NC(=O)[C@]3(C)CCC[C@]4(C)c5ccc(C(C)C)cc5CC[C@@H]34)cc2)cc1)P(=O)(OCC)OCC. The summed E-state index contributed by atoms with van der Waals surface area (Å²) in [6.45, 7) is 16.3. The predicted molar refractivity (Wildman–Crippen MR) is 237 cm³/mol. The van der Waals surface area contributed by atoms with E-state index in [1.807, 2.05) is 48.5 Å². The molecule has 0 aromatic heterocycles. The summed E-state index contributed by atoms with van der Waals surface area (Å²) < 4.78 is 50.1. The molecule has 1 saturated carbocycles. The second kappa shape index (κ2) is 19.7. The van der Waals surface area contributed by atoms with E-state index in [-0.39, 0.29) is 50.2 Å². The molecule has 0 heterocycles. The molecular formula is C43H61N3O7P2S2. The van der Waals surface area contributed by atoms with Crippen LogP contribution in [-0.4, -0.2) is 49.4 Å². The first kappa shape index (κ1) is 45.6. The lowest BCUT2D eigenvalue weighted by molar-refractivity contribution is -0.137. The zero-order valence-electron chi connectivity index (χ0n) is 34.7. The summed E-state index contributed by atoms with van der Waals surface area (Å²) in [7, 11) is -7.74. The Hall–Kier alpha value is -2.53. The van der Waals surface area contributed by atoms with E-state index in [0.717, 1.165) is 53.3 Å². The van der Waals surface area contributed by atoms with Gasteiger partial charge in [-0.3, -0.25) is 13.9 Å². The molecule has 0 radical (unpaired) electrons. The number of rotatable bonds is 18. The second-order valence-electron chi connectivity index (χ2n) is 15.5. The molecule has 10 nitrogen and oxygen atoms in total. The van der Waals surface area contributed by atoms with E-state index in [9.17, 15) is 13.9 Å². The van der Waals surface area contributed by atoms with E-state index >= 15 is 0 Å². The minimum absolute atomic E-state index is 0.00555. The molecular weight excluding hydrogens is 797 g/mol. The fourth-order valence-electron chi connectivity index (χ4n) is 8.68. The van der Waals surface area contributed by atoms with Crippen molar-refractivity contribution in [3.05, 3.63) is 83.4 Å². The van der Waals surface area contributed by atoms with E-state index in [4.69, 9.17) is 30.3 Å². The maximum Gasteiger partial charge on any atom is 0.347 e. The summed E-state index contributed by atoms with van der Waals surface area (Å²) in [6.07, 6.45) is 4.92. The standard InChI is InChI=1S/C43H61N3O7P2S2/c1-9-50-54(48,51-10-2)39(55(49,52-11-3)53-12-4)29-44-33-16-20-35(21-17-33)57-36-22-18-34(19-23-36)45-41(56)46-40(47)43(8)27-13-26-42(7)37-24-14-31(30(5)6)28-32(37)15-25-38(42)43/h14,16-24,28,30,38-39,44H,9-13,15,25-27,29H2,1-8H3,(H2,45,46,47,56)/t38-,42-,43-/m1/s1. The molecule has 0 spiro atoms. The number of hydrogen-bond acceptors (Lipinski definition) is 10. The molecule has 2 aliphatic carbocycles. The summed E-state index contributed by atoms with van der Waals surface area (Å²) in [4.78, 5) is 16.1. The minimum Gasteiger partial charge on any atom is -0.383 e. The average Bonchev–Trinajstić information content (AvgIpc) is 3.16. The number of benzene rings is 3. The van der Waals surface area contributed by atoms with Crippen molar-refractivity contribution in [2.75, 3.05) is 43.6 Å². The highest BCUT2D eigenvalue weighted by Crippen LogP contribution is 2.70. The lowest BCUT2D eigenvalue weighted by Crippen LogP contribution is -2.56. The van der Waals surface area contributed by atoms with Crippen molar-refractivity contribution in [3.8, 4) is 0 Å². The van der Waals surface area contributed by atoms with Crippen molar-refractivity contribution in [1.29, 1.82) is 0 Å². The Morgan fingerprint density at radius 2 is 1.37 bits per heavy atom. The van der Waals surface area contributed by atoms with Crippen LogP contribution in [0.15, 0.2) is 76.5 Å². The van der Waals surface area contributed by atoms with Gasteiger partial charge in [-0.05, 0) is 148 Å². The Balaban J connectivity index is 1.18. The summed E-state index contributed by atoms with van der Waals surface area (Å²) in [5.41, 5.74) is 5.20. The monoisotopic (exact) mass is 857 g/mol. The molecule has 0 aliphatic heterocycles. The van der Waals surface area contributed by atoms with Crippen molar-refractivity contribution >= 4 is 61.6 Å². The highest BCUT2D eigenvalue weighted by atomic mass is 32.2. The number of aryl methyl sites for hydroxylation is 1. The lowest BCUT2D eigenvalue weighted by Gasteiger charge is -2.54. The van der Waals surface area contributed by atoms with Crippen LogP contribution in [0.3, 0.4) is 0 Å². The van der Waals surface area contributed by atoms with Crippen molar-refractivity contribution < 1.29 is 32.0 Å². The van der Waals surface area contributed by atoms with E-state index in [1.165, 1.54) is 16.7 Å². The van der Waals surface area contributed by atoms with Gasteiger partial charge >= 0.3 is 15.2 Å². The van der Waals surface area contributed by atoms with Crippen LogP contribution in [0.1, 0.15) is 104 Å². The van der Waals surface area contributed by atoms with E-state index in [2.05, 4.69) is 61.8 Å². The Kier molecular flexibility index (Phi) is 15.7. The number of nitrogens with one attached hydrogen (secondary N) is 3. The highest BCUT2D eigenvalue weighted by molar-refractivity contribution is 7.99. The van der Waals surface area contributed by atoms with Gasteiger partial charge in [0.2, 0.25) is 5.91 Å². The maximum atomic E-state index is 14.0. The molecule has 1 fully saturated rings. The van der Waals surface area contributed by atoms with Crippen molar-refractivity contribution in [2.24, 2.45) is 11.3 Å². The first-order valence-corrected chi connectivity index (χ1v) is 24.7. The molecule has 0 bridgehead atoms. The van der Waals surface area contributed by atoms with Crippen LogP contribution in [0, 0.1) is 11.3 Å². The first-order valence-electron chi connectivity index (χ1n) is 20.3. The van der Waals surface area contributed by atoms with Crippen LogP contribution in [0.4, 0.5) is 11.4 Å². The highest BCUT2D eigenvalue weighted by Gasteiger charge is 2.55. The fourth-order valence-corrected chi connectivity index (χ4v) is 14.8. The van der Waals surface area contributed by atoms with Gasteiger partial charge in [0.05, 0.1) is 31.8 Å². The Morgan fingerprint density at radius 3 is 1.89 bits per heavy atom. The number of anilines is 2. The molecule has 0 unspecified atom stereocenters. The van der Waals surface area contributed by atoms with Crippen molar-refractivity contribution in [3.63, 3.8) is 0 Å². The van der Waals surface area contributed by atoms with Gasteiger partial charge in [0, 0.05) is 27.7 Å². The quantitative estimate of drug-likeness (QED) is 0.0836. The topological polar surface area (TPSA) is 124 Å². The van der Waals surface area contributed by atoms with E-state index in [0.29, 0.717) is 11.0 Å². The normalized spacial score (nSPS) is 20.8. The molecule has 5 rings (SSSR count). The van der Waals surface area contributed by atoms with Gasteiger partial charge in [-0.25, -0.2) is 0 Å². The van der Waals surface area contributed by atoms with Crippen LogP contribution in [0.25, 0.3) is 0 Å². The minimum atomic E-state index is -3.87. The predicted octanol–water partition coefficient (Wildman–Crippen LogP) is 11.8. The molecule has 3 atom stereocenters. The lowest BCUT2D eigenvalue weighted by atomic mass is 9.49. The first-order chi connectivity index (χ1) is 27.1. The molecule has 0 saturated heterocycles. The van der Waals surface area contributed by atoms with Gasteiger partial charge in [0.1, 0.15) is 0 Å². The molecule has 3 aromatic carbocycles. The molecule has 3 N–H and O–H groups in total. The zero-order valence-corrected chi connectivity index (χ0v) is 38.1. The molecule has 1 amide bonds. The van der Waals surface area contributed by atoms with Gasteiger partial charge < -0.3 is 34.0 Å². The summed E-state index contributed by atoms with van der Waals surface area (Å²) >= 11 is 7.27. The molecule has 312 valence electrons. The number of carbonyl (C=O) groups excluding carboxylic acids is 1. The third-order valence-corrected chi connectivity index (χ3v) is 18.7. The van der Waals surface area contributed by atoms with Crippen LogP contribution in [0.2, 0.25) is 0 Å². The number of fused-ring (bicyclic) bond motifs is 3.